The number of nitrogens with one attached hydrogen (secondary N) is 1. The smallest absolute Gasteiger partial charge is 0.280 e. The third-order valence-electron chi connectivity index (χ3n) is 2.24. The van der Waals surface area contributed by atoms with Gasteiger partial charge in [0.05, 0.1) is 11.8 Å². The Morgan fingerprint density at radius 2 is 2.06 bits per heavy atom. The summed E-state index contributed by atoms with van der Waals surface area (Å²) in [6.07, 6.45) is 3.11. The minimum absolute atomic E-state index is 0.118. The highest BCUT2D eigenvalue weighted by molar-refractivity contribution is 5.58. The van der Waals surface area contributed by atoms with Gasteiger partial charge in [-0.2, -0.15) is 5.26 Å². The molecule has 2 aromatic rings. The first kappa shape index (κ1) is 10.8. The Labute approximate surface area is 95.8 Å². The van der Waals surface area contributed by atoms with Crippen LogP contribution in [0, 0.1) is 11.3 Å². The topological polar surface area (TPSA) is 91.5 Å². The largest absolute Gasteiger partial charge is 0.329 e. The zero-order valence-electron chi connectivity index (χ0n) is 8.75. The molecule has 17 heavy (non-hydrogen) atoms. The molecule has 0 aliphatic rings. The van der Waals surface area contributed by atoms with Crippen molar-refractivity contribution in [1.29, 1.82) is 5.26 Å². The Morgan fingerprint density at radius 1 is 1.35 bits per heavy atom. The molecular weight excluding hydrogens is 220 g/mol. The van der Waals surface area contributed by atoms with Crippen LogP contribution in [0.2, 0.25) is 0 Å². The molecule has 0 unspecified atom stereocenters. The van der Waals surface area contributed by atoms with Gasteiger partial charge in [-0.15, -0.1) is 0 Å². The van der Waals surface area contributed by atoms with Crippen LogP contribution >= 0.6 is 0 Å². The maximum atomic E-state index is 11.6. The van der Waals surface area contributed by atoms with Crippen molar-refractivity contribution in [3.63, 3.8) is 0 Å². The van der Waals surface area contributed by atoms with E-state index in [1.165, 1.54) is 10.6 Å². The lowest BCUT2D eigenvalue weighted by atomic mass is 10.2. The molecular formula is C11H8N4O2. The quantitative estimate of drug-likeness (QED) is 0.790. The van der Waals surface area contributed by atoms with Crippen molar-refractivity contribution >= 4 is 0 Å². The van der Waals surface area contributed by atoms with Crippen LogP contribution < -0.4 is 11.2 Å². The van der Waals surface area contributed by atoms with Crippen molar-refractivity contribution in [2.75, 3.05) is 0 Å². The molecule has 0 spiro atoms. The van der Waals surface area contributed by atoms with Gasteiger partial charge in [-0.3, -0.25) is 19.3 Å². The Kier molecular flexibility index (Phi) is 2.83. The summed E-state index contributed by atoms with van der Waals surface area (Å²) < 4.78 is 1.21. The molecule has 2 heterocycles. The molecule has 2 rings (SSSR count). The Morgan fingerprint density at radius 3 is 2.71 bits per heavy atom. The summed E-state index contributed by atoms with van der Waals surface area (Å²) in [5, 5.41) is 8.67. The number of aromatic amines is 1. The second-order valence-corrected chi connectivity index (χ2v) is 3.30. The number of pyridine rings is 1. The van der Waals surface area contributed by atoms with Gasteiger partial charge in [-0.05, 0) is 12.1 Å². The van der Waals surface area contributed by atoms with Gasteiger partial charge in [0.2, 0.25) is 0 Å². The zero-order valence-corrected chi connectivity index (χ0v) is 8.75. The van der Waals surface area contributed by atoms with E-state index in [1.54, 1.807) is 24.5 Å². The maximum Gasteiger partial charge on any atom is 0.329 e. The van der Waals surface area contributed by atoms with Crippen LogP contribution in [0.4, 0.5) is 0 Å². The normalized spacial score (nSPS) is 9.82. The van der Waals surface area contributed by atoms with Crippen molar-refractivity contribution < 1.29 is 0 Å². The van der Waals surface area contributed by atoms with E-state index in [1.807, 2.05) is 6.07 Å². The number of hydrogen-bond acceptors (Lipinski definition) is 4. The summed E-state index contributed by atoms with van der Waals surface area (Å²) in [5.41, 5.74) is -0.0111. The van der Waals surface area contributed by atoms with Crippen LogP contribution in [0.3, 0.4) is 0 Å². The summed E-state index contributed by atoms with van der Waals surface area (Å²) in [6.45, 7) is -0.118. The highest BCUT2D eigenvalue weighted by Gasteiger charge is 2.07. The lowest BCUT2D eigenvalue weighted by molar-refractivity contribution is 0.753. The van der Waals surface area contributed by atoms with Gasteiger partial charge in [-0.25, -0.2) is 4.79 Å². The molecule has 0 saturated carbocycles. The molecule has 0 bridgehead atoms. The van der Waals surface area contributed by atoms with Gasteiger partial charge >= 0.3 is 5.69 Å². The van der Waals surface area contributed by atoms with E-state index in [0.29, 0.717) is 11.3 Å². The lowest BCUT2D eigenvalue weighted by Crippen LogP contribution is -2.30. The monoisotopic (exact) mass is 228 g/mol. The zero-order chi connectivity index (χ0) is 12.3. The highest BCUT2D eigenvalue weighted by atomic mass is 16.2. The molecule has 0 aromatic carbocycles. The van der Waals surface area contributed by atoms with Gasteiger partial charge in [0.1, 0.15) is 6.54 Å². The van der Waals surface area contributed by atoms with Crippen LogP contribution in [0.5, 0.6) is 0 Å². The minimum atomic E-state index is -0.592. The Hall–Kier alpha value is -2.68. The molecule has 0 aliphatic carbocycles. The third-order valence-corrected chi connectivity index (χ3v) is 2.24. The predicted molar refractivity (Wildman–Crippen MR) is 60.2 cm³/mol. The second-order valence-electron chi connectivity index (χ2n) is 3.30. The van der Waals surface area contributed by atoms with Crippen molar-refractivity contribution in [2.24, 2.45) is 0 Å². The Bertz CT molecular complexity index is 679. The number of rotatable bonds is 2. The molecule has 1 N–H and O–H groups in total. The first-order valence-electron chi connectivity index (χ1n) is 4.84. The first-order valence-corrected chi connectivity index (χ1v) is 4.84. The number of nitriles is 1. The fraction of sp³-hybridized carbons (Fsp3) is 0.0909. The van der Waals surface area contributed by atoms with E-state index in [2.05, 4.69) is 9.97 Å². The first-order chi connectivity index (χ1) is 8.22. The minimum Gasteiger partial charge on any atom is -0.280 e. The fourth-order valence-electron chi connectivity index (χ4n) is 1.51. The van der Waals surface area contributed by atoms with Crippen LogP contribution in [-0.2, 0) is 6.54 Å². The van der Waals surface area contributed by atoms with Gasteiger partial charge in [0.25, 0.3) is 5.56 Å². The van der Waals surface area contributed by atoms with Gasteiger partial charge in [0.15, 0.2) is 0 Å². The van der Waals surface area contributed by atoms with E-state index in [0.717, 1.165) is 0 Å². The molecule has 0 radical (unpaired) electrons. The van der Waals surface area contributed by atoms with Gasteiger partial charge < -0.3 is 0 Å². The van der Waals surface area contributed by atoms with Gasteiger partial charge in [0, 0.05) is 24.0 Å². The lowest BCUT2D eigenvalue weighted by Gasteiger charge is -2.07. The molecule has 0 saturated heterocycles. The van der Waals surface area contributed by atoms with E-state index < -0.39 is 11.2 Å². The number of nitrogens with zero attached hydrogens (tertiary/aromatic N) is 3. The number of H-pyrrole nitrogens is 1. The summed E-state index contributed by atoms with van der Waals surface area (Å²) in [5.74, 6) is 0. The highest BCUT2D eigenvalue weighted by Crippen LogP contribution is 2.14. The van der Waals surface area contributed by atoms with Gasteiger partial charge in [-0.1, -0.05) is 0 Å². The van der Waals surface area contributed by atoms with E-state index in [9.17, 15) is 9.59 Å². The van der Waals surface area contributed by atoms with Crippen LogP contribution in [-0.4, -0.2) is 14.5 Å². The molecule has 0 atom stereocenters. The third kappa shape index (κ3) is 2.13. The van der Waals surface area contributed by atoms with E-state index in [-0.39, 0.29) is 6.54 Å². The van der Waals surface area contributed by atoms with E-state index >= 15 is 0 Å². The molecule has 84 valence electrons. The average molecular weight is 228 g/mol. The summed E-state index contributed by atoms with van der Waals surface area (Å²) in [7, 11) is 0. The Balaban J connectivity index is 2.73. The average Bonchev–Trinajstić information content (AvgIpc) is 2.33. The van der Waals surface area contributed by atoms with Crippen molar-refractivity contribution in [3.05, 3.63) is 51.4 Å². The fourth-order valence-corrected chi connectivity index (χ4v) is 1.51. The van der Waals surface area contributed by atoms with Crippen molar-refractivity contribution in [3.8, 4) is 17.3 Å². The molecule has 0 amide bonds. The number of hydrogen-bond donors (Lipinski definition) is 1. The van der Waals surface area contributed by atoms with Crippen LogP contribution in [0.25, 0.3) is 11.3 Å². The van der Waals surface area contributed by atoms with Crippen LogP contribution in [0.15, 0.2) is 40.2 Å². The summed E-state index contributed by atoms with van der Waals surface area (Å²) in [6, 6.07) is 6.50. The SMILES string of the molecule is N#CCn1c(-c2ccncc2)cc(=O)[nH]c1=O. The summed E-state index contributed by atoms with van der Waals surface area (Å²) >= 11 is 0. The second kappa shape index (κ2) is 4.45. The van der Waals surface area contributed by atoms with Crippen LogP contribution in [0.1, 0.15) is 0 Å². The summed E-state index contributed by atoms with van der Waals surface area (Å²) in [4.78, 5) is 28.8. The maximum absolute atomic E-state index is 11.6. The molecule has 0 fully saturated rings. The molecule has 0 aliphatic heterocycles. The predicted octanol–water partition coefficient (Wildman–Crippen LogP) is 0.122. The number of aromatic nitrogens is 3. The standard InChI is InChI=1S/C11H8N4O2/c12-3-6-15-9(7-10(16)14-11(15)17)8-1-4-13-5-2-8/h1-2,4-5,7H,6H2,(H,14,16,17). The molecule has 6 nitrogen and oxygen atoms in total. The van der Waals surface area contributed by atoms with E-state index in [4.69, 9.17) is 5.26 Å². The molecule has 6 heteroatoms. The van der Waals surface area contributed by atoms with Crippen molar-refractivity contribution in [1.82, 2.24) is 14.5 Å². The van der Waals surface area contributed by atoms with Crippen molar-refractivity contribution in [2.45, 2.75) is 6.54 Å². The molecule has 2 aromatic heterocycles.